The zero-order valence-corrected chi connectivity index (χ0v) is 14.8. The number of carbonyl (C=O) groups excluding carboxylic acids is 1. The highest BCUT2D eigenvalue weighted by Crippen LogP contribution is 2.30. The van der Waals surface area contributed by atoms with Crippen molar-refractivity contribution in [1.82, 2.24) is 10.2 Å². The van der Waals surface area contributed by atoms with Crippen molar-refractivity contribution in [2.45, 2.75) is 51.1 Å². The van der Waals surface area contributed by atoms with Crippen molar-refractivity contribution in [2.75, 3.05) is 26.2 Å². The summed E-state index contributed by atoms with van der Waals surface area (Å²) in [6.07, 6.45) is 5.06. The van der Waals surface area contributed by atoms with E-state index in [1.54, 1.807) is 12.1 Å². The third-order valence-corrected chi connectivity index (χ3v) is 4.47. The summed E-state index contributed by atoms with van der Waals surface area (Å²) >= 11 is 0. The standard InChI is InChI=1S/C19H28F2N2O2/c1-2-3-12-25-17-9-7-8-16(13-17)19(20,21)15-22-18(14-24)23-10-5-4-6-11-23/h7-9,13-14,18,22H,2-6,10-12,15H2,1H3. The number of halogens is 2. The molecule has 6 heteroatoms. The lowest BCUT2D eigenvalue weighted by molar-refractivity contribution is -0.114. The van der Waals surface area contributed by atoms with Gasteiger partial charge in [-0.2, -0.15) is 8.78 Å². The number of hydrogen-bond donors (Lipinski definition) is 1. The third kappa shape index (κ3) is 6.04. The predicted molar refractivity (Wildman–Crippen MR) is 94.0 cm³/mol. The summed E-state index contributed by atoms with van der Waals surface area (Å²) in [6, 6.07) is 6.04. The molecule has 25 heavy (non-hydrogen) atoms. The van der Waals surface area contributed by atoms with Gasteiger partial charge in [0.1, 0.15) is 11.9 Å². The molecular weight excluding hydrogens is 326 g/mol. The lowest BCUT2D eigenvalue weighted by Crippen LogP contribution is -2.51. The van der Waals surface area contributed by atoms with Crippen molar-refractivity contribution in [3.05, 3.63) is 29.8 Å². The minimum absolute atomic E-state index is 0.0997. The summed E-state index contributed by atoms with van der Waals surface area (Å²) in [4.78, 5) is 13.2. The second kappa shape index (κ2) is 9.82. The highest BCUT2D eigenvalue weighted by atomic mass is 19.3. The summed E-state index contributed by atoms with van der Waals surface area (Å²) in [6.45, 7) is 3.52. The topological polar surface area (TPSA) is 41.6 Å². The molecule has 1 heterocycles. The van der Waals surface area contributed by atoms with Crippen LogP contribution in [0.1, 0.15) is 44.6 Å². The summed E-state index contributed by atoms with van der Waals surface area (Å²) in [5.74, 6) is -2.62. The Hall–Kier alpha value is -1.53. The van der Waals surface area contributed by atoms with Gasteiger partial charge < -0.3 is 9.53 Å². The first-order valence-electron chi connectivity index (χ1n) is 9.10. The van der Waals surface area contributed by atoms with Crippen molar-refractivity contribution in [3.8, 4) is 5.75 Å². The van der Waals surface area contributed by atoms with Crippen LogP contribution in [-0.2, 0) is 10.7 Å². The number of likely N-dealkylation sites (tertiary alicyclic amines) is 1. The van der Waals surface area contributed by atoms with Crippen molar-refractivity contribution >= 4 is 6.29 Å². The van der Waals surface area contributed by atoms with Gasteiger partial charge in [0.15, 0.2) is 6.29 Å². The molecule has 1 aliphatic rings. The summed E-state index contributed by atoms with van der Waals surface area (Å²) < 4.78 is 34.6. The number of ether oxygens (including phenoxy) is 1. The fraction of sp³-hybridized carbons (Fsp3) is 0.632. The van der Waals surface area contributed by atoms with E-state index in [1.165, 1.54) is 12.1 Å². The predicted octanol–water partition coefficient (Wildman–Crippen LogP) is 3.56. The Morgan fingerprint density at radius 1 is 1.32 bits per heavy atom. The van der Waals surface area contributed by atoms with Gasteiger partial charge in [0.05, 0.1) is 13.2 Å². The number of nitrogens with zero attached hydrogens (tertiary/aromatic N) is 1. The molecule has 1 atom stereocenters. The SMILES string of the molecule is CCCCOc1cccc(C(F)(F)CNC(C=O)N2CCCCC2)c1. The van der Waals surface area contributed by atoms with Crippen LogP contribution in [0.25, 0.3) is 0 Å². The van der Waals surface area contributed by atoms with Gasteiger partial charge in [-0.3, -0.25) is 10.2 Å². The number of carbonyl (C=O) groups is 1. The molecule has 1 N–H and O–H groups in total. The molecule has 1 unspecified atom stereocenters. The van der Waals surface area contributed by atoms with E-state index < -0.39 is 18.6 Å². The lowest BCUT2D eigenvalue weighted by atomic mass is 10.1. The van der Waals surface area contributed by atoms with E-state index in [1.807, 2.05) is 11.8 Å². The van der Waals surface area contributed by atoms with Gasteiger partial charge in [0.2, 0.25) is 0 Å². The maximum atomic E-state index is 14.5. The van der Waals surface area contributed by atoms with Crippen LogP contribution in [-0.4, -0.2) is 43.6 Å². The van der Waals surface area contributed by atoms with Crippen LogP contribution in [0.4, 0.5) is 8.78 Å². The Balaban J connectivity index is 1.95. The molecule has 0 spiro atoms. The van der Waals surface area contributed by atoms with Crippen LogP contribution >= 0.6 is 0 Å². The van der Waals surface area contributed by atoms with Gasteiger partial charge in [-0.25, -0.2) is 0 Å². The molecule has 1 saturated heterocycles. The number of piperidine rings is 1. The average molecular weight is 354 g/mol. The minimum atomic E-state index is -3.07. The van der Waals surface area contributed by atoms with Gasteiger partial charge >= 0.3 is 0 Å². The lowest BCUT2D eigenvalue weighted by Gasteiger charge is -2.32. The molecule has 1 fully saturated rings. The van der Waals surface area contributed by atoms with E-state index >= 15 is 0 Å². The fourth-order valence-electron chi connectivity index (χ4n) is 2.94. The molecule has 0 aliphatic carbocycles. The zero-order valence-electron chi connectivity index (χ0n) is 14.8. The Kier molecular flexibility index (Phi) is 7.78. The number of hydrogen-bond acceptors (Lipinski definition) is 4. The van der Waals surface area contributed by atoms with Crippen molar-refractivity contribution in [2.24, 2.45) is 0 Å². The maximum Gasteiger partial charge on any atom is 0.285 e. The molecule has 0 radical (unpaired) electrons. The molecule has 140 valence electrons. The first kappa shape index (κ1) is 19.8. The first-order chi connectivity index (χ1) is 12.1. The van der Waals surface area contributed by atoms with E-state index in [-0.39, 0.29) is 5.56 Å². The van der Waals surface area contributed by atoms with Crippen molar-refractivity contribution in [3.63, 3.8) is 0 Å². The molecule has 0 bridgehead atoms. The van der Waals surface area contributed by atoms with Gasteiger partial charge in [0, 0.05) is 18.7 Å². The Morgan fingerprint density at radius 2 is 2.08 bits per heavy atom. The van der Waals surface area contributed by atoms with Crippen LogP contribution in [0.3, 0.4) is 0 Å². The number of benzene rings is 1. The average Bonchev–Trinajstić information content (AvgIpc) is 2.63. The molecule has 0 aromatic heterocycles. The number of unbranched alkanes of at least 4 members (excludes halogenated alkanes) is 1. The fourth-order valence-corrected chi connectivity index (χ4v) is 2.94. The van der Waals surface area contributed by atoms with Crippen LogP contribution in [0, 0.1) is 0 Å². The number of alkyl halides is 2. The van der Waals surface area contributed by atoms with Crippen LogP contribution < -0.4 is 10.1 Å². The summed E-state index contributed by atoms with van der Waals surface area (Å²) in [5.41, 5.74) is -0.0997. The monoisotopic (exact) mass is 354 g/mol. The molecule has 2 rings (SSSR count). The number of rotatable bonds is 10. The van der Waals surface area contributed by atoms with Crippen molar-refractivity contribution < 1.29 is 18.3 Å². The van der Waals surface area contributed by atoms with Crippen LogP contribution in [0.5, 0.6) is 5.75 Å². The maximum absolute atomic E-state index is 14.5. The first-order valence-corrected chi connectivity index (χ1v) is 9.10. The molecule has 4 nitrogen and oxygen atoms in total. The molecule has 1 aromatic rings. The Morgan fingerprint density at radius 3 is 2.76 bits per heavy atom. The Labute approximate surface area is 148 Å². The highest BCUT2D eigenvalue weighted by Gasteiger charge is 2.33. The van der Waals surface area contributed by atoms with E-state index in [0.29, 0.717) is 18.6 Å². The molecule has 1 aromatic carbocycles. The van der Waals surface area contributed by atoms with E-state index in [2.05, 4.69) is 5.32 Å². The van der Waals surface area contributed by atoms with Crippen LogP contribution in [0.2, 0.25) is 0 Å². The largest absolute Gasteiger partial charge is 0.494 e. The number of aldehydes is 1. The molecule has 1 aliphatic heterocycles. The molecular formula is C19H28F2N2O2. The Bertz CT molecular complexity index is 534. The highest BCUT2D eigenvalue weighted by molar-refractivity contribution is 5.57. The smallest absolute Gasteiger partial charge is 0.285 e. The van der Waals surface area contributed by atoms with E-state index in [4.69, 9.17) is 4.74 Å². The van der Waals surface area contributed by atoms with Gasteiger partial charge in [-0.1, -0.05) is 31.9 Å². The van der Waals surface area contributed by atoms with Gasteiger partial charge in [-0.15, -0.1) is 0 Å². The number of nitrogens with one attached hydrogen (secondary N) is 1. The zero-order chi connectivity index (χ0) is 18.1. The van der Waals surface area contributed by atoms with Gasteiger partial charge in [0.25, 0.3) is 5.92 Å². The second-order valence-electron chi connectivity index (χ2n) is 6.49. The van der Waals surface area contributed by atoms with Gasteiger partial charge in [-0.05, 0) is 31.4 Å². The normalized spacial score (nSPS) is 17.2. The van der Waals surface area contributed by atoms with Crippen LogP contribution in [0.15, 0.2) is 24.3 Å². The summed E-state index contributed by atoms with van der Waals surface area (Å²) in [5, 5.41) is 2.72. The second-order valence-corrected chi connectivity index (χ2v) is 6.49. The third-order valence-electron chi connectivity index (χ3n) is 4.47. The van der Waals surface area contributed by atoms with Crippen molar-refractivity contribution in [1.29, 1.82) is 0 Å². The molecule has 0 saturated carbocycles. The molecule has 0 amide bonds. The quantitative estimate of drug-likeness (QED) is 0.515. The summed E-state index contributed by atoms with van der Waals surface area (Å²) in [7, 11) is 0. The van der Waals surface area contributed by atoms with E-state index in [0.717, 1.165) is 45.2 Å². The minimum Gasteiger partial charge on any atom is -0.494 e. The van der Waals surface area contributed by atoms with E-state index in [9.17, 15) is 13.6 Å².